The second kappa shape index (κ2) is 6.12. The highest BCUT2D eigenvalue weighted by molar-refractivity contribution is 5.90. The highest BCUT2D eigenvalue weighted by atomic mass is 16.2. The number of hydrogen-bond donors (Lipinski definition) is 1. The minimum atomic E-state index is -0.0286. The van der Waals surface area contributed by atoms with E-state index >= 15 is 0 Å². The second-order valence-corrected chi connectivity index (χ2v) is 5.60. The molecule has 1 aromatic carbocycles. The predicted octanol–water partition coefficient (Wildman–Crippen LogP) is 2.96. The van der Waals surface area contributed by atoms with Gasteiger partial charge < -0.3 is 5.32 Å². The van der Waals surface area contributed by atoms with Crippen molar-refractivity contribution in [2.45, 2.75) is 45.6 Å². The van der Waals surface area contributed by atoms with Crippen molar-refractivity contribution in [2.24, 2.45) is 0 Å². The van der Waals surface area contributed by atoms with E-state index in [0.29, 0.717) is 0 Å². The standard InChI is InChI=1S/C17H21N3O/c1-2-13-7-9-15(10-8-13)18-17(21)12-20-11-14-5-3-4-6-16(14)19-20/h7-11H,2-6,12H2,1H3,(H,18,21). The molecule has 1 amide bonds. The van der Waals surface area contributed by atoms with Crippen molar-refractivity contribution in [1.29, 1.82) is 0 Å². The quantitative estimate of drug-likeness (QED) is 0.937. The number of carbonyl (C=O) groups excluding carboxylic acids is 1. The summed E-state index contributed by atoms with van der Waals surface area (Å²) < 4.78 is 1.77. The highest BCUT2D eigenvalue weighted by Crippen LogP contribution is 2.19. The van der Waals surface area contributed by atoms with Crippen LogP contribution >= 0.6 is 0 Å². The van der Waals surface area contributed by atoms with E-state index in [-0.39, 0.29) is 12.5 Å². The molecule has 0 radical (unpaired) electrons. The largest absolute Gasteiger partial charge is 0.324 e. The maximum absolute atomic E-state index is 12.1. The minimum absolute atomic E-state index is 0.0286. The fourth-order valence-electron chi connectivity index (χ4n) is 2.78. The van der Waals surface area contributed by atoms with Gasteiger partial charge >= 0.3 is 0 Å². The summed E-state index contributed by atoms with van der Waals surface area (Å²) in [6.45, 7) is 2.40. The van der Waals surface area contributed by atoms with Crippen LogP contribution in [-0.2, 0) is 30.6 Å². The Balaban J connectivity index is 1.61. The lowest BCUT2D eigenvalue weighted by Gasteiger charge is -2.06. The number of benzene rings is 1. The van der Waals surface area contributed by atoms with Gasteiger partial charge in [-0.05, 0) is 55.4 Å². The van der Waals surface area contributed by atoms with E-state index in [9.17, 15) is 4.79 Å². The Hall–Kier alpha value is -2.10. The molecular formula is C17H21N3O. The normalized spacial score (nSPS) is 13.8. The molecule has 3 rings (SSSR count). The summed E-state index contributed by atoms with van der Waals surface area (Å²) in [5.41, 5.74) is 4.59. The lowest BCUT2D eigenvalue weighted by atomic mass is 9.99. The van der Waals surface area contributed by atoms with Gasteiger partial charge in [-0.3, -0.25) is 9.48 Å². The molecule has 2 aromatic rings. The van der Waals surface area contributed by atoms with Crippen LogP contribution in [0.1, 0.15) is 36.6 Å². The van der Waals surface area contributed by atoms with Crippen molar-refractivity contribution in [3.8, 4) is 0 Å². The Labute approximate surface area is 125 Å². The summed E-state index contributed by atoms with van der Waals surface area (Å²) in [6.07, 6.45) is 7.61. The molecule has 0 bridgehead atoms. The Kier molecular flexibility index (Phi) is 4.04. The summed E-state index contributed by atoms with van der Waals surface area (Å²) in [4.78, 5) is 12.1. The minimum Gasteiger partial charge on any atom is -0.324 e. The monoisotopic (exact) mass is 283 g/mol. The molecule has 1 heterocycles. The maximum atomic E-state index is 12.1. The molecule has 0 saturated heterocycles. The smallest absolute Gasteiger partial charge is 0.246 e. The molecule has 0 unspecified atom stereocenters. The van der Waals surface area contributed by atoms with Gasteiger partial charge in [-0.1, -0.05) is 19.1 Å². The van der Waals surface area contributed by atoms with Crippen LogP contribution in [-0.4, -0.2) is 15.7 Å². The number of amides is 1. The molecule has 0 spiro atoms. The fourth-order valence-corrected chi connectivity index (χ4v) is 2.78. The molecule has 4 nitrogen and oxygen atoms in total. The lowest BCUT2D eigenvalue weighted by Crippen LogP contribution is -2.19. The van der Waals surface area contributed by atoms with Crippen molar-refractivity contribution >= 4 is 11.6 Å². The fraction of sp³-hybridized carbons (Fsp3) is 0.412. The molecule has 1 aliphatic rings. The molecule has 1 aliphatic carbocycles. The first-order valence-electron chi connectivity index (χ1n) is 7.68. The third-order valence-corrected chi connectivity index (χ3v) is 3.99. The van der Waals surface area contributed by atoms with E-state index in [1.165, 1.54) is 29.7 Å². The van der Waals surface area contributed by atoms with Gasteiger partial charge in [-0.15, -0.1) is 0 Å². The number of carbonyl (C=O) groups is 1. The Morgan fingerprint density at radius 1 is 1.24 bits per heavy atom. The van der Waals surface area contributed by atoms with Crippen LogP contribution in [0.25, 0.3) is 0 Å². The first-order valence-corrected chi connectivity index (χ1v) is 7.68. The van der Waals surface area contributed by atoms with E-state index in [0.717, 1.165) is 24.9 Å². The van der Waals surface area contributed by atoms with Crippen LogP contribution in [0.4, 0.5) is 5.69 Å². The van der Waals surface area contributed by atoms with Gasteiger partial charge in [0.2, 0.25) is 5.91 Å². The average Bonchev–Trinajstić information content (AvgIpc) is 2.90. The molecule has 1 aromatic heterocycles. The van der Waals surface area contributed by atoms with Crippen LogP contribution in [0.5, 0.6) is 0 Å². The SMILES string of the molecule is CCc1ccc(NC(=O)Cn2cc3c(n2)CCCC3)cc1. The number of rotatable bonds is 4. The highest BCUT2D eigenvalue weighted by Gasteiger charge is 2.14. The van der Waals surface area contributed by atoms with Crippen molar-refractivity contribution < 1.29 is 4.79 Å². The number of aryl methyl sites for hydroxylation is 3. The number of nitrogens with one attached hydrogen (secondary N) is 1. The van der Waals surface area contributed by atoms with Gasteiger partial charge in [0.15, 0.2) is 0 Å². The molecule has 1 N–H and O–H groups in total. The second-order valence-electron chi connectivity index (χ2n) is 5.60. The number of hydrogen-bond acceptors (Lipinski definition) is 2. The van der Waals surface area contributed by atoms with Gasteiger partial charge in [0.05, 0.1) is 5.69 Å². The van der Waals surface area contributed by atoms with Crippen LogP contribution in [0.3, 0.4) is 0 Å². The van der Waals surface area contributed by atoms with Gasteiger partial charge in [0, 0.05) is 11.9 Å². The van der Waals surface area contributed by atoms with E-state index < -0.39 is 0 Å². The molecule has 0 atom stereocenters. The van der Waals surface area contributed by atoms with Gasteiger partial charge in [0.25, 0.3) is 0 Å². The van der Waals surface area contributed by atoms with E-state index in [1.807, 2.05) is 30.5 Å². The average molecular weight is 283 g/mol. The Morgan fingerprint density at radius 3 is 2.71 bits per heavy atom. The number of nitrogens with zero attached hydrogens (tertiary/aromatic N) is 2. The summed E-state index contributed by atoms with van der Waals surface area (Å²) in [5.74, 6) is -0.0286. The predicted molar refractivity (Wildman–Crippen MR) is 83.3 cm³/mol. The van der Waals surface area contributed by atoms with E-state index in [4.69, 9.17) is 0 Å². The molecule has 110 valence electrons. The molecule has 0 saturated carbocycles. The topological polar surface area (TPSA) is 46.9 Å². The third kappa shape index (κ3) is 3.32. The Morgan fingerprint density at radius 2 is 2.00 bits per heavy atom. The van der Waals surface area contributed by atoms with Crippen LogP contribution in [0.15, 0.2) is 30.5 Å². The lowest BCUT2D eigenvalue weighted by molar-refractivity contribution is -0.116. The number of anilines is 1. The summed E-state index contributed by atoms with van der Waals surface area (Å²) in [7, 11) is 0. The summed E-state index contributed by atoms with van der Waals surface area (Å²) >= 11 is 0. The zero-order valence-electron chi connectivity index (χ0n) is 12.4. The molecule has 4 heteroatoms. The van der Waals surface area contributed by atoms with Gasteiger partial charge in [-0.2, -0.15) is 5.10 Å². The molecule has 0 fully saturated rings. The zero-order chi connectivity index (χ0) is 14.7. The summed E-state index contributed by atoms with van der Waals surface area (Å²) in [6, 6.07) is 7.99. The Bertz CT molecular complexity index is 604. The van der Waals surface area contributed by atoms with Gasteiger partial charge in [-0.25, -0.2) is 0 Å². The van der Waals surface area contributed by atoms with Crippen LogP contribution in [0.2, 0.25) is 0 Å². The van der Waals surface area contributed by atoms with Crippen molar-refractivity contribution in [3.63, 3.8) is 0 Å². The molecule has 21 heavy (non-hydrogen) atoms. The van der Waals surface area contributed by atoms with Crippen molar-refractivity contribution in [3.05, 3.63) is 47.3 Å². The third-order valence-electron chi connectivity index (χ3n) is 3.99. The summed E-state index contributed by atoms with van der Waals surface area (Å²) in [5, 5.41) is 7.44. The van der Waals surface area contributed by atoms with Crippen LogP contribution in [0, 0.1) is 0 Å². The number of aromatic nitrogens is 2. The van der Waals surface area contributed by atoms with E-state index in [1.54, 1.807) is 4.68 Å². The van der Waals surface area contributed by atoms with Gasteiger partial charge in [0.1, 0.15) is 6.54 Å². The first-order chi connectivity index (χ1) is 10.2. The van der Waals surface area contributed by atoms with Crippen molar-refractivity contribution in [1.82, 2.24) is 9.78 Å². The van der Waals surface area contributed by atoms with Crippen LogP contribution < -0.4 is 5.32 Å². The molecular weight excluding hydrogens is 262 g/mol. The molecule has 0 aliphatic heterocycles. The number of fused-ring (bicyclic) bond motifs is 1. The van der Waals surface area contributed by atoms with Crippen molar-refractivity contribution in [2.75, 3.05) is 5.32 Å². The first kappa shape index (κ1) is 13.9. The zero-order valence-corrected chi connectivity index (χ0v) is 12.4. The maximum Gasteiger partial charge on any atom is 0.246 e. The van der Waals surface area contributed by atoms with E-state index in [2.05, 4.69) is 17.3 Å².